The number of aliphatic hydroxyl groups excluding tert-OH is 1. The molecule has 0 amide bonds. The van der Waals surface area contributed by atoms with E-state index in [1.165, 1.54) is 12.8 Å². The first-order valence-electron chi connectivity index (χ1n) is 9.75. The van der Waals surface area contributed by atoms with Crippen LogP contribution in [0.4, 0.5) is 0 Å². The molecular formula is C20H32N2O3. The molecule has 0 unspecified atom stereocenters. The van der Waals surface area contributed by atoms with E-state index in [4.69, 9.17) is 5.11 Å². The summed E-state index contributed by atoms with van der Waals surface area (Å²) in [6.07, 6.45) is 16.0. The number of unbranched alkanes of at least 4 members (excludes halogenated alkanes) is 3. The monoisotopic (exact) mass is 348 g/mol. The molecule has 1 saturated carbocycles. The number of hydrogen-bond donors (Lipinski definition) is 2. The summed E-state index contributed by atoms with van der Waals surface area (Å²) in [5, 5.41) is 27.5. The smallest absolute Gasteiger partial charge is 0.303 e. The van der Waals surface area contributed by atoms with E-state index in [0.717, 1.165) is 32.1 Å². The van der Waals surface area contributed by atoms with Crippen molar-refractivity contribution in [2.75, 3.05) is 0 Å². The number of azo groups is 1. The predicted molar refractivity (Wildman–Crippen MR) is 98.6 cm³/mol. The van der Waals surface area contributed by atoms with Crippen molar-refractivity contribution in [3.05, 3.63) is 24.3 Å². The van der Waals surface area contributed by atoms with Crippen molar-refractivity contribution >= 4 is 5.97 Å². The normalized spacial score (nSPS) is 29.2. The molecule has 0 saturated heterocycles. The summed E-state index contributed by atoms with van der Waals surface area (Å²) in [4.78, 5) is 10.5. The largest absolute Gasteiger partial charge is 0.481 e. The fourth-order valence-electron chi connectivity index (χ4n) is 3.83. The Morgan fingerprint density at radius 1 is 1.20 bits per heavy atom. The molecule has 25 heavy (non-hydrogen) atoms. The van der Waals surface area contributed by atoms with Gasteiger partial charge >= 0.3 is 5.97 Å². The fourth-order valence-corrected chi connectivity index (χ4v) is 3.83. The molecule has 5 nitrogen and oxygen atoms in total. The number of carboxylic acid groups (broad SMARTS) is 1. The average Bonchev–Trinajstić information content (AvgIpc) is 3.17. The third-order valence-electron chi connectivity index (χ3n) is 5.27. The van der Waals surface area contributed by atoms with Crippen molar-refractivity contribution in [3.8, 4) is 0 Å². The van der Waals surface area contributed by atoms with Crippen molar-refractivity contribution in [3.63, 3.8) is 0 Å². The molecule has 5 atom stereocenters. The number of aliphatic carboxylic acids is 1. The number of hydrogen-bond acceptors (Lipinski definition) is 4. The second-order valence-electron chi connectivity index (χ2n) is 7.28. The van der Waals surface area contributed by atoms with Gasteiger partial charge in [0.1, 0.15) is 0 Å². The maximum atomic E-state index is 10.5. The summed E-state index contributed by atoms with van der Waals surface area (Å²) in [7, 11) is 0. The maximum Gasteiger partial charge on any atom is 0.303 e. The Balaban J connectivity index is 1.79. The van der Waals surface area contributed by atoms with E-state index in [-0.39, 0.29) is 18.6 Å². The third kappa shape index (κ3) is 6.38. The van der Waals surface area contributed by atoms with Gasteiger partial charge in [0, 0.05) is 12.3 Å². The standard InChI is InChI=1S/C20H32N2O3/c1-2-3-6-9-15(23)12-13-17-16(18-14-19(17)22-21-18)10-7-4-5-8-11-20(24)25/h4,7,12-13,15-19,23H,2-3,5-6,8-11,14H2,1H3,(H,24,25)/b7-4-,13-12+/t15-,16+,17+,18+,19-/m0/s1. The first kappa shape index (κ1) is 19.8. The number of fused-ring (bicyclic) bond motifs is 2. The summed E-state index contributed by atoms with van der Waals surface area (Å²) in [5.74, 6) is 0.0916. The molecule has 0 aromatic rings. The van der Waals surface area contributed by atoms with E-state index >= 15 is 0 Å². The predicted octanol–water partition coefficient (Wildman–Crippen LogP) is 4.52. The van der Waals surface area contributed by atoms with Gasteiger partial charge in [0.05, 0.1) is 18.2 Å². The topological polar surface area (TPSA) is 82.2 Å². The van der Waals surface area contributed by atoms with Gasteiger partial charge in [-0.3, -0.25) is 4.79 Å². The van der Waals surface area contributed by atoms with Crippen molar-refractivity contribution in [1.29, 1.82) is 0 Å². The van der Waals surface area contributed by atoms with Crippen LogP contribution < -0.4 is 0 Å². The van der Waals surface area contributed by atoms with Crippen LogP contribution in [0.1, 0.15) is 64.7 Å². The zero-order valence-corrected chi connectivity index (χ0v) is 15.3. The number of allylic oxidation sites excluding steroid dienone is 2. The molecule has 2 aliphatic rings. The minimum atomic E-state index is -0.732. The Hall–Kier alpha value is -1.49. The number of nitrogens with zero attached hydrogens (tertiary/aromatic N) is 2. The molecule has 1 fully saturated rings. The molecule has 0 spiro atoms. The maximum absolute atomic E-state index is 10.5. The minimum absolute atomic E-state index is 0.230. The molecule has 1 aliphatic heterocycles. The van der Waals surface area contributed by atoms with E-state index in [1.54, 1.807) is 0 Å². The van der Waals surface area contributed by atoms with Gasteiger partial charge in [-0.15, -0.1) is 0 Å². The SMILES string of the molecule is CCCCC[C@H](O)/C=C/[C@@H]1[C@@H](C/C=C\CCCC(=O)O)[C@H]2C[C@@H]1N=N2. The van der Waals surface area contributed by atoms with Gasteiger partial charge in [-0.25, -0.2) is 0 Å². The lowest BCUT2D eigenvalue weighted by Crippen LogP contribution is -2.22. The van der Waals surface area contributed by atoms with Crippen LogP contribution in [0.3, 0.4) is 0 Å². The molecule has 1 aliphatic carbocycles. The molecule has 0 aromatic carbocycles. The molecule has 2 N–H and O–H groups in total. The van der Waals surface area contributed by atoms with Gasteiger partial charge < -0.3 is 10.2 Å². The molecule has 140 valence electrons. The minimum Gasteiger partial charge on any atom is -0.481 e. The molecule has 0 radical (unpaired) electrons. The van der Waals surface area contributed by atoms with Crippen LogP contribution in [0.2, 0.25) is 0 Å². The Labute approximate surface area is 150 Å². The third-order valence-corrected chi connectivity index (χ3v) is 5.27. The highest BCUT2D eigenvalue weighted by Gasteiger charge is 2.45. The molecule has 2 rings (SSSR count). The van der Waals surface area contributed by atoms with E-state index in [0.29, 0.717) is 24.3 Å². The number of carbonyl (C=O) groups is 1. The quantitative estimate of drug-likeness (QED) is 0.402. The zero-order valence-electron chi connectivity index (χ0n) is 15.3. The van der Waals surface area contributed by atoms with Crippen LogP contribution in [0.15, 0.2) is 34.5 Å². The number of carboxylic acids is 1. The summed E-state index contributed by atoms with van der Waals surface area (Å²) >= 11 is 0. The van der Waals surface area contributed by atoms with Gasteiger partial charge in [0.25, 0.3) is 0 Å². The van der Waals surface area contributed by atoms with E-state index in [2.05, 4.69) is 35.4 Å². The highest BCUT2D eigenvalue weighted by Crippen LogP contribution is 2.44. The van der Waals surface area contributed by atoms with Gasteiger partial charge in [0.15, 0.2) is 0 Å². The Bertz CT molecular complexity index is 501. The van der Waals surface area contributed by atoms with E-state index < -0.39 is 5.97 Å². The van der Waals surface area contributed by atoms with Crippen LogP contribution in [0, 0.1) is 11.8 Å². The molecule has 5 heteroatoms. The van der Waals surface area contributed by atoms with E-state index in [9.17, 15) is 9.90 Å². The molecule has 1 heterocycles. The first-order valence-corrected chi connectivity index (χ1v) is 9.75. The lowest BCUT2D eigenvalue weighted by Gasteiger charge is -2.23. The highest BCUT2D eigenvalue weighted by molar-refractivity contribution is 5.66. The van der Waals surface area contributed by atoms with Crippen molar-refractivity contribution in [2.24, 2.45) is 22.1 Å². The van der Waals surface area contributed by atoms with Crippen molar-refractivity contribution in [2.45, 2.75) is 82.9 Å². The zero-order chi connectivity index (χ0) is 18.1. The average molecular weight is 348 g/mol. The second kappa shape index (κ2) is 10.5. The summed E-state index contributed by atoms with van der Waals surface area (Å²) in [5.41, 5.74) is 0. The van der Waals surface area contributed by atoms with Gasteiger partial charge in [-0.05, 0) is 38.0 Å². The van der Waals surface area contributed by atoms with Crippen LogP contribution in [0.5, 0.6) is 0 Å². The van der Waals surface area contributed by atoms with Crippen LogP contribution in [-0.4, -0.2) is 34.4 Å². The summed E-state index contributed by atoms with van der Waals surface area (Å²) in [6.45, 7) is 2.17. The van der Waals surface area contributed by atoms with Crippen LogP contribution in [-0.2, 0) is 4.79 Å². The summed E-state index contributed by atoms with van der Waals surface area (Å²) in [6, 6.07) is 0.579. The van der Waals surface area contributed by atoms with Crippen molar-refractivity contribution < 1.29 is 15.0 Å². The second-order valence-corrected chi connectivity index (χ2v) is 7.28. The number of rotatable bonds is 12. The molecular weight excluding hydrogens is 316 g/mol. The van der Waals surface area contributed by atoms with Crippen LogP contribution in [0.25, 0.3) is 0 Å². The van der Waals surface area contributed by atoms with Crippen molar-refractivity contribution in [1.82, 2.24) is 0 Å². The molecule has 2 bridgehead atoms. The number of aliphatic hydroxyl groups is 1. The van der Waals surface area contributed by atoms with Crippen LogP contribution >= 0.6 is 0 Å². The Morgan fingerprint density at radius 3 is 2.76 bits per heavy atom. The lowest BCUT2D eigenvalue weighted by atomic mass is 9.87. The summed E-state index contributed by atoms with van der Waals surface area (Å²) < 4.78 is 0. The van der Waals surface area contributed by atoms with E-state index in [1.807, 2.05) is 6.08 Å². The van der Waals surface area contributed by atoms with Gasteiger partial charge in [-0.2, -0.15) is 10.2 Å². The van der Waals surface area contributed by atoms with Gasteiger partial charge in [0.2, 0.25) is 0 Å². The fraction of sp³-hybridized carbons (Fsp3) is 0.750. The Morgan fingerprint density at radius 2 is 2.00 bits per heavy atom. The lowest BCUT2D eigenvalue weighted by molar-refractivity contribution is -0.137. The van der Waals surface area contributed by atoms with Gasteiger partial charge in [-0.1, -0.05) is 50.5 Å². The Kier molecular flexibility index (Phi) is 8.32. The highest BCUT2D eigenvalue weighted by atomic mass is 16.4. The molecule has 0 aromatic heterocycles. The first-order chi connectivity index (χ1) is 12.1.